The monoisotopic (exact) mass is 428 g/mol. The lowest BCUT2D eigenvalue weighted by molar-refractivity contribution is -0.320. The van der Waals surface area contributed by atoms with E-state index in [9.17, 15) is 15.0 Å². The first-order chi connectivity index (χ1) is 13.5. The molecule has 0 unspecified atom stereocenters. The Balaban J connectivity index is 1.99. The highest BCUT2D eigenvalue weighted by molar-refractivity contribution is 6.73. The van der Waals surface area contributed by atoms with Crippen molar-refractivity contribution < 1.29 is 38.7 Å². The molecule has 0 aromatic heterocycles. The van der Waals surface area contributed by atoms with E-state index in [4.69, 9.17) is 23.7 Å². The summed E-state index contributed by atoms with van der Waals surface area (Å²) in [4.78, 5) is 17.7. The molecule has 0 saturated carbocycles. The molecule has 5 atom stereocenters. The van der Waals surface area contributed by atoms with Crippen molar-refractivity contribution in [1.29, 1.82) is 0 Å². The second-order valence-corrected chi connectivity index (χ2v) is 13.3. The molecule has 1 aromatic carbocycles. The number of carbonyl (C=O) groups is 1. The molecule has 1 saturated heterocycles. The number of hydrogen-bond acceptors (Lipinski definition) is 8. The highest BCUT2D eigenvalue weighted by Gasteiger charge is 2.48. The Hall–Kier alpha value is -1.33. The van der Waals surface area contributed by atoms with E-state index in [1.807, 2.05) is 13.1 Å². The van der Waals surface area contributed by atoms with Crippen molar-refractivity contribution in [2.75, 3.05) is 13.7 Å². The first-order valence-electron chi connectivity index (χ1n) is 9.59. The lowest BCUT2D eigenvalue weighted by Gasteiger charge is -2.41. The van der Waals surface area contributed by atoms with Crippen LogP contribution < -0.4 is 0 Å². The van der Waals surface area contributed by atoms with E-state index in [1.54, 1.807) is 30.3 Å². The van der Waals surface area contributed by atoms with Gasteiger partial charge in [0.1, 0.15) is 24.9 Å². The molecule has 8 nitrogen and oxygen atoms in total. The van der Waals surface area contributed by atoms with Crippen molar-refractivity contribution in [2.24, 2.45) is 0 Å². The maximum absolute atomic E-state index is 12.3. The number of aliphatic hydroxyl groups is 2. The highest BCUT2D eigenvalue weighted by atomic mass is 28.4. The highest BCUT2D eigenvalue weighted by Crippen LogP contribution is 2.36. The molecule has 164 valence electrons. The van der Waals surface area contributed by atoms with Crippen LogP contribution in [0.1, 0.15) is 31.1 Å². The van der Waals surface area contributed by atoms with E-state index < -0.39 is 45.0 Å². The van der Waals surface area contributed by atoms with Gasteiger partial charge < -0.3 is 24.4 Å². The van der Waals surface area contributed by atoms with Crippen molar-refractivity contribution in [3.63, 3.8) is 0 Å². The Bertz CT molecular complexity index is 658. The van der Waals surface area contributed by atoms with E-state index in [-0.39, 0.29) is 11.6 Å². The number of benzene rings is 1. The molecular weight excluding hydrogens is 396 g/mol. The Morgan fingerprint density at radius 1 is 1.14 bits per heavy atom. The van der Waals surface area contributed by atoms with Gasteiger partial charge in [0, 0.05) is 7.11 Å². The summed E-state index contributed by atoms with van der Waals surface area (Å²) in [6.07, 6.45) is -5.94. The van der Waals surface area contributed by atoms with Gasteiger partial charge in [-0.15, -0.1) is 0 Å². The van der Waals surface area contributed by atoms with Crippen LogP contribution >= 0.6 is 0 Å². The van der Waals surface area contributed by atoms with Crippen molar-refractivity contribution in [3.8, 4) is 0 Å². The van der Waals surface area contributed by atoms with Gasteiger partial charge in [-0.3, -0.25) is 4.58 Å². The van der Waals surface area contributed by atoms with Crippen molar-refractivity contribution >= 4 is 14.3 Å². The molecule has 1 heterocycles. The van der Waals surface area contributed by atoms with E-state index in [0.717, 1.165) is 0 Å². The Morgan fingerprint density at radius 3 is 2.31 bits per heavy atom. The van der Waals surface area contributed by atoms with Crippen LogP contribution in [0.3, 0.4) is 0 Å². The number of carbonyl (C=O) groups excluding carboxylic acids is 1. The average molecular weight is 429 g/mol. The van der Waals surface area contributed by atoms with E-state index in [2.05, 4.69) is 20.8 Å². The zero-order chi connectivity index (χ0) is 21.8. The first kappa shape index (κ1) is 23.9. The number of aliphatic hydroxyl groups excluding tert-OH is 2. The van der Waals surface area contributed by atoms with Gasteiger partial charge in [-0.1, -0.05) is 39.0 Å². The van der Waals surface area contributed by atoms with Crippen LogP contribution in [-0.4, -0.2) is 68.9 Å². The fourth-order valence-corrected chi connectivity index (χ4v) is 3.11. The van der Waals surface area contributed by atoms with Gasteiger partial charge in [0.25, 0.3) is 0 Å². The van der Waals surface area contributed by atoms with Crippen molar-refractivity contribution in [3.05, 3.63) is 35.9 Å². The summed E-state index contributed by atoms with van der Waals surface area (Å²) in [6.45, 7) is 10.2. The molecule has 1 aliphatic rings. The fraction of sp³-hybridized carbons (Fsp3) is 0.650. The van der Waals surface area contributed by atoms with Gasteiger partial charge in [0.05, 0.1) is 5.56 Å². The summed E-state index contributed by atoms with van der Waals surface area (Å²) in [7, 11) is -0.785. The molecule has 0 bridgehead atoms. The normalized spacial score (nSPS) is 28.2. The number of hydrogen-bond donors (Lipinski definition) is 2. The van der Waals surface area contributed by atoms with Crippen LogP contribution in [0.4, 0.5) is 0 Å². The minimum atomic E-state index is -2.15. The molecule has 9 heteroatoms. The molecular formula is C20H32O8Si. The topological polar surface area (TPSA) is 104 Å². The fourth-order valence-electron chi connectivity index (χ4n) is 2.50. The van der Waals surface area contributed by atoms with E-state index in [1.165, 1.54) is 7.11 Å². The third-order valence-electron chi connectivity index (χ3n) is 5.44. The van der Waals surface area contributed by atoms with Crippen molar-refractivity contribution in [2.45, 2.75) is 69.6 Å². The van der Waals surface area contributed by atoms with Gasteiger partial charge >= 0.3 is 5.97 Å². The molecule has 1 aromatic rings. The molecule has 0 radical (unpaired) electrons. The van der Waals surface area contributed by atoms with E-state index >= 15 is 0 Å². The molecule has 0 amide bonds. The quantitative estimate of drug-likeness (QED) is 0.295. The van der Waals surface area contributed by atoms with Crippen LogP contribution in [0.2, 0.25) is 18.1 Å². The standard InChI is InChI=1S/C20H32O8Si/c1-20(2,3)29(5,6)28-25-12-14-15(21)16(22)17(19(24-4)26-14)27-18(23)13-10-8-7-9-11-13/h7-11,14-17,19,21-22H,12H2,1-6H3/t14-,15+,16+,17-,19+/m1/s1. The summed E-state index contributed by atoms with van der Waals surface area (Å²) in [5.74, 6) is -0.650. The third kappa shape index (κ3) is 5.85. The van der Waals surface area contributed by atoms with Gasteiger partial charge in [-0.2, -0.15) is 0 Å². The first-order valence-corrected chi connectivity index (χ1v) is 12.5. The van der Waals surface area contributed by atoms with Crippen molar-refractivity contribution in [1.82, 2.24) is 0 Å². The number of rotatable bonds is 7. The van der Waals surface area contributed by atoms with Crippen LogP contribution in [0.15, 0.2) is 30.3 Å². The summed E-state index contributed by atoms with van der Waals surface area (Å²) in [5.41, 5.74) is 0.317. The molecule has 2 N–H and O–H groups in total. The smallest absolute Gasteiger partial charge is 0.338 e. The Labute approximate surface area is 172 Å². The predicted molar refractivity (Wildman–Crippen MR) is 108 cm³/mol. The number of esters is 1. The molecule has 0 spiro atoms. The van der Waals surface area contributed by atoms with Gasteiger partial charge in [0.2, 0.25) is 8.32 Å². The summed E-state index contributed by atoms with van der Waals surface area (Å²) < 4.78 is 21.9. The zero-order valence-corrected chi connectivity index (χ0v) is 18.8. The maximum Gasteiger partial charge on any atom is 0.338 e. The minimum absolute atomic E-state index is 0.0512. The van der Waals surface area contributed by atoms with Crippen LogP contribution in [0, 0.1) is 0 Å². The third-order valence-corrected chi connectivity index (χ3v) is 9.58. The summed E-state index contributed by atoms with van der Waals surface area (Å²) >= 11 is 0. The lowest BCUT2D eigenvalue weighted by Crippen LogP contribution is -2.60. The average Bonchev–Trinajstić information content (AvgIpc) is 2.66. The van der Waals surface area contributed by atoms with Gasteiger partial charge in [-0.05, 0) is 30.3 Å². The molecule has 1 fully saturated rings. The lowest BCUT2D eigenvalue weighted by atomic mass is 9.99. The summed E-state index contributed by atoms with van der Waals surface area (Å²) in [5, 5.41) is 20.9. The maximum atomic E-state index is 12.3. The second kappa shape index (κ2) is 9.65. The largest absolute Gasteiger partial charge is 0.450 e. The predicted octanol–water partition coefficient (Wildman–Crippen LogP) is 2.26. The van der Waals surface area contributed by atoms with Crippen LogP contribution in [-0.2, 0) is 23.7 Å². The number of methoxy groups -OCH3 is 1. The van der Waals surface area contributed by atoms with Crippen LogP contribution in [0.5, 0.6) is 0 Å². The Morgan fingerprint density at radius 2 is 1.76 bits per heavy atom. The zero-order valence-electron chi connectivity index (χ0n) is 17.8. The summed E-state index contributed by atoms with van der Waals surface area (Å²) in [6, 6.07) is 8.34. The van der Waals surface area contributed by atoms with Gasteiger partial charge in [0.15, 0.2) is 12.4 Å². The number of ether oxygens (including phenoxy) is 3. The van der Waals surface area contributed by atoms with Crippen LogP contribution in [0.25, 0.3) is 0 Å². The minimum Gasteiger partial charge on any atom is -0.450 e. The molecule has 2 rings (SSSR count). The van der Waals surface area contributed by atoms with Gasteiger partial charge in [-0.25, -0.2) is 9.68 Å². The molecule has 0 aliphatic carbocycles. The SMILES string of the molecule is CO[C@H]1O[C@H](COO[Si](C)(C)C(C)(C)C)[C@H](O)[C@H](O)[C@H]1OC(=O)c1ccccc1. The Kier molecular flexibility index (Phi) is 7.97. The second-order valence-electron chi connectivity index (χ2n) is 8.62. The molecule has 29 heavy (non-hydrogen) atoms. The van der Waals surface area contributed by atoms with E-state index in [0.29, 0.717) is 5.56 Å². The molecule has 1 aliphatic heterocycles.